The van der Waals surface area contributed by atoms with Crippen LogP contribution in [0.3, 0.4) is 0 Å². The molecule has 0 aliphatic heterocycles. The van der Waals surface area contributed by atoms with Gasteiger partial charge in [-0.25, -0.2) is 0 Å². The van der Waals surface area contributed by atoms with Gasteiger partial charge in [0.05, 0.1) is 12.2 Å². The number of aromatic nitrogens is 3. The zero-order chi connectivity index (χ0) is 14.4. The summed E-state index contributed by atoms with van der Waals surface area (Å²) in [5, 5.41) is 12.7. The molecule has 0 saturated heterocycles. The molecule has 8 heteroatoms. The van der Waals surface area contributed by atoms with E-state index in [4.69, 9.17) is 4.42 Å². The largest absolute Gasteiger partial charge is 0.408 e. The highest BCUT2D eigenvalue weighted by Crippen LogP contribution is 2.08. The van der Waals surface area contributed by atoms with Crippen LogP contribution < -0.4 is 10.6 Å². The first kappa shape index (κ1) is 13.8. The maximum absolute atomic E-state index is 12.0. The number of pyridine rings is 1. The minimum absolute atomic E-state index is 0.0462. The first-order valence-corrected chi connectivity index (χ1v) is 5.90. The van der Waals surface area contributed by atoms with Gasteiger partial charge in [-0.3, -0.25) is 15.1 Å². The summed E-state index contributed by atoms with van der Waals surface area (Å²) >= 11 is 0. The number of hydrogen-bond acceptors (Lipinski definition) is 7. The van der Waals surface area contributed by atoms with Crippen LogP contribution in [0.2, 0.25) is 0 Å². The smallest absolute Gasteiger partial charge is 0.322 e. The van der Waals surface area contributed by atoms with E-state index in [1.165, 1.54) is 6.20 Å². The molecular weight excluding hydrogens is 262 g/mol. The van der Waals surface area contributed by atoms with Crippen molar-refractivity contribution in [3.63, 3.8) is 0 Å². The Morgan fingerprint density at radius 2 is 2.30 bits per heavy atom. The Bertz CT molecular complexity index is 611. The van der Waals surface area contributed by atoms with Crippen LogP contribution >= 0.6 is 0 Å². The van der Waals surface area contributed by atoms with Gasteiger partial charge < -0.3 is 14.5 Å². The molecule has 0 fully saturated rings. The van der Waals surface area contributed by atoms with E-state index in [-0.39, 0.29) is 18.5 Å². The molecule has 20 heavy (non-hydrogen) atoms. The SMILES string of the molecule is Cc1nnc(NC(=O)c2ccnc(CNCC=O)c2)o1. The van der Waals surface area contributed by atoms with Crippen molar-refractivity contribution in [3.05, 3.63) is 35.5 Å². The van der Waals surface area contributed by atoms with Crippen LogP contribution in [0.1, 0.15) is 21.9 Å². The molecule has 2 aromatic rings. The monoisotopic (exact) mass is 275 g/mol. The van der Waals surface area contributed by atoms with Crippen molar-refractivity contribution in [1.82, 2.24) is 20.5 Å². The van der Waals surface area contributed by atoms with Crippen LogP contribution in [0.25, 0.3) is 0 Å². The van der Waals surface area contributed by atoms with Crippen molar-refractivity contribution in [2.75, 3.05) is 11.9 Å². The maximum Gasteiger partial charge on any atom is 0.322 e. The molecule has 0 atom stereocenters. The standard InChI is InChI=1S/C12H13N5O3/c1-8-16-17-12(20-8)15-11(19)9-2-3-14-10(6-9)7-13-4-5-18/h2-3,5-6,13H,4,7H2,1H3,(H,15,17,19). The molecule has 2 N–H and O–H groups in total. The third-order valence-corrected chi connectivity index (χ3v) is 2.36. The third kappa shape index (κ3) is 3.69. The lowest BCUT2D eigenvalue weighted by atomic mass is 10.2. The van der Waals surface area contributed by atoms with Crippen molar-refractivity contribution < 1.29 is 14.0 Å². The van der Waals surface area contributed by atoms with Crippen LogP contribution in [0, 0.1) is 6.92 Å². The molecule has 2 rings (SSSR count). The second-order valence-corrected chi connectivity index (χ2v) is 3.91. The van der Waals surface area contributed by atoms with Gasteiger partial charge in [-0.2, -0.15) is 0 Å². The molecule has 0 aliphatic rings. The average molecular weight is 275 g/mol. The van der Waals surface area contributed by atoms with Crippen LogP contribution in [-0.2, 0) is 11.3 Å². The Hall–Kier alpha value is -2.61. The number of nitrogens with zero attached hydrogens (tertiary/aromatic N) is 3. The highest BCUT2D eigenvalue weighted by Gasteiger charge is 2.11. The van der Waals surface area contributed by atoms with E-state index in [2.05, 4.69) is 25.8 Å². The first-order chi connectivity index (χ1) is 9.69. The second-order valence-electron chi connectivity index (χ2n) is 3.91. The number of anilines is 1. The van der Waals surface area contributed by atoms with Crippen molar-refractivity contribution >= 4 is 18.2 Å². The minimum Gasteiger partial charge on any atom is -0.408 e. The number of nitrogens with one attached hydrogen (secondary N) is 2. The van der Waals surface area contributed by atoms with Gasteiger partial charge in [-0.1, -0.05) is 5.10 Å². The first-order valence-electron chi connectivity index (χ1n) is 5.90. The van der Waals surface area contributed by atoms with E-state index < -0.39 is 0 Å². The summed E-state index contributed by atoms with van der Waals surface area (Å²) < 4.78 is 5.06. The highest BCUT2D eigenvalue weighted by molar-refractivity contribution is 6.03. The van der Waals surface area contributed by atoms with Gasteiger partial charge in [0.2, 0.25) is 5.89 Å². The predicted octanol–water partition coefficient (Wildman–Crippen LogP) is 0.314. The molecule has 0 aliphatic carbocycles. The molecule has 0 bridgehead atoms. The van der Waals surface area contributed by atoms with Gasteiger partial charge in [0, 0.05) is 25.2 Å². The van der Waals surface area contributed by atoms with E-state index in [9.17, 15) is 9.59 Å². The van der Waals surface area contributed by atoms with E-state index in [1.807, 2.05) is 0 Å². The minimum atomic E-state index is -0.368. The number of hydrogen-bond donors (Lipinski definition) is 2. The molecule has 0 saturated carbocycles. The lowest BCUT2D eigenvalue weighted by Gasteiger charge is -2.04. The number of aldehydes is 1. The molecule has 0 radical (unpaired) electrons. The summed E-state index contributed by atoms with van der Waals surface area (Å²) in [6.07, 6.45) is 2.28. The average Bonchev–Trinajstić information content (AvgIpc) is 2.85. The molecular formula is C12H13N5O3. The Morgan fingerprint density at radius 3 is 3.00 bits per heavy atom. The van der Waals surface area contributed by atoms with E-state index in [1.54, 1.807) is 19.1 Å². The Kier molecular flexibility index (Phi) is 4.51. The van der Waals surface area contributed by atoms with Crippen LogP contribution in [0.15, 0.2) is 22.7 Å². The number of rotatable bonds is 6. The third-order valence-electron chi connectivity index (χ3n) is 2.36. The summed E-state index contributed by atoms with van der Waals surface area (Å²) in [5.74, 6) is 0.00136. The fourth-order valence-corrected chi connectivity index (χ4v) is 1.49. The zero-order valence-corrected chi connectivity index (χ0v) is 10.8. The molecule has 104 valence electrons. The summed E-state index contributed by atoms with van der Waals surface area (Å²) in [6, 6.07) is 3.24. The van der Waals surface area contributed by atoms with Crippen molar-refractivity contribution in [3.8, 4) is 0 Å². The quantitative estimate of drug-likeness (QED) is 0.576. The lowest BCUT2D eigenvalue weighted by Crippen LogP contribution is -2.17. The van der Waals surface area contributed by atoms with Crippen LogP contribution in [0.5, 0.6) is 0 Å². The zero-order valence-electron chi connectivity index (χ0n) is 10.8. The van der Waals surface area contributed by atoms with Gasteiger partial charge in [0.15, 0.2) is 0 Å². The predicted molar refractivity (Wildman–Crippen MR) is 69.0 cm³/mol. The maximum atomic E-state index is 12.0. The lowest BCUT2D eigenvalue weighted by molar-refractivity contribution is -0.107. The number of carbonyl (C=O) groups is 2. The summed E-state index contributed by atoms with van der Waals surface area (Å²) in [7, 11) is 0. The van der Waals surface area contributed by atoms with Crippen molar-refractivity contribution in [1.29, 1.82) is 0 Å². The van der Waals surface area contributed by atoms with E-state index >= 15 is 0 Å². The summed E-state index contributed by atoms with van der Waals surface area (Å²) in [4.78, 5) is 26.3. The molecule has 2 aromatic heterocycles. The number of aryl methyl sites for hydroxylation is 1. The molecule has 1 amide bonds. The molecule has 8 nitrogen and oxygen atoms in total. The fourth-order valence-electron chi connectivity index (χ4n) is 1.49. The normalized spacial score (nSPS) is 10.2. The molecule has 0 aromatic carbocycles. The Morgan fingerprint density at radius 1 is 1.45 bits per heavy atom. The van der Waals surface area contributed by atoms with Crippen LogP contribution in [0.4, 0.5) is 6.01 Å². The second kappa shape index (κ2) is 6.53. The summed E-state index contributed by atoms with van der Waals surface area (Å²) in [6.45, 7) is 2.27. The Balaban J connectivity index is 2.02. The van der Waals surface area contributed by atoms with Gasteiger partial charge in [0.1, 0.15) is 6.29 Å². The van der Waals surface area contributed by atoms with Crippen molar-refractivity contribution in [2.24, 2.45) is 0 Å². The van der Waals surface area contributed by atoms with E-state index in [0.29, 0.717) is 23.7 Å². The Labute approximate surface area is 114 Å². The topological polar surface area (TPSA) is 110 Å². The van der Waals surface area contributed by atoms with Gasteiger partial charge in [-0.15, -0.1) is 5.10 Å². The van der Waals surface area contributed by atoms with Gasteiger partial charge in [-0.05, 0) is 12.1 Å². The fraction of sp³-hybridized carbons (Fsp3) is 0.250. The molecule has 2 heterocycles. The van der Waals surface area contributed by atoms with Crippen molar-refractivity contribution in [2.45, 2.75) is 13.5 Å². The molecule has 0 unspecified atom stereocenters. The molecule has 0 spiro atoms. The summed E-state index contributed by atoms with van der Waals surface area (Å²) in [5.41, 5.74) is 1.07. The number of amides is 1. The van der Waals surface area contributed by atoms with Gasteiger partial charge in [0.25, 0.3) is 5.91 Å². The highest BCUT2D eigenvalue weighted by atomic mass is 16.4. The van der Waals surface area contributed by atoms with Gasteiger partial charge >= 0.3 is 6.01 Å². The van der Waals surface area contributed by atoms with Crippen LogP contribution in [-0.4, -0.2) is 33.9 Å². The number of carbonyl (C=O) groups excluding carboxylic acids is 2. The van der Waals surface area contributed by atoms with E-state index in [0.717, 1.165) is 6.29 Å².